The third kappa shape index (κ3) is 27.8. The average Bonchev–Trinajstić information content (AvgIpc) is 1.48. The van der Waals surface area contributed by atoms with Gasteiger partial charge in [0.1, 0.15) is 0 Å². The van der Waals surface area contributed by atoms with Crippen LogP contribution in [0.25, 0.3) is 75.4 Å². The number of H-pyrrole nitrogens is 7. The molecule has 7 aliphatic rings. The van der Waals surface area contributed by atoms with Gasteiger partial charge in [-0.25, -0.2) is 0 Å². The Morgan fingerprint density at radius 2 is 0.514 bits per heavy atom. The number of piperidine rings is 2. The molecule has 7 aliphatic heterocycles. The largest absolute Gasteiger partial charge is 0.396 e. The van der Waals surface area contributed by atoms with Crippen LogP contribution in [-0.4, -0.2) is 287 Å². The molecule has 14 aromatic rings. The van der Waals surface area contributed by atoms with Crippen LogP contribution in [0.1, 0.15) is 167 Å². The summed E-state index contributed by atoms with van der Waals surface area (Å²) in [5.74, 6) is 1.11. The third-order valence-corrected chi connectivity index (χ3v) is 30.3. The molecule has 2 unspecified atom stereocenters. The van der Waals surface area contributed by atoms with E-state index in [1.54, 1.807) is 0 Å². The van der Waals surface area contributed by atoms with Crippen molar-refractivity contribution in [2.45, 2.75) is 187 Å². The van der Waals surface area contributed by atoms with Crippen molar-refractivity contribution in [1.82, 2.24) is 69.2 Å². The SMILES string of the molecule is Cc1cccc2c(=O)[nH]c(C3CCN(CCCO)C3)cc12.Cc1cccc2c(=O)[nH]c(CCN3CCCC(O)C3)cc12.Cc1cccc2c(=O)[nH]c(CCN3CCC[C@@H](O)C3)cc12.Cc1cccc2c(=O)[nH]c(CCN3CCC[C@@H]3CO)cc12.Cc1cccc2c(=O)[nH]c(CCN3CC[C@H](O)C3)cc12.Cc1cccc2c(=O)[nH]c([C@@H]3CCN(CCO)C3)cc12.Cc1cccc2c(=O)[nH]c([C@H]3CCN(CCO)C3)cc12. The third-order valence-electron chi connectivity index (χ3n) is 30.3. The zero-order valence-electron chi connectivity index (χ0n) is 84.9. The van der Waals surface area contributed by atoms with Crippen molar-refractivity contribution in [3.05, 3.63) is 321 Å². The molecule has 0 amide bonds. The van der Waals surface area contributed by atoms with Gasteiger partial charge in [-0.05, 0) is 320 Å². The van der Waals surface area contributed by atoms with Gasteiger partial charge in [-0.2, -0.15) is 0 Å². The Morgan fingerprint density at radius 1 is 0.257 bits per heavy atom. The van der Waals surface area contributed by atoms with Crippen LogP contribution in [0, 0.1) is 48.5 Å². The molecule has 14 heterocycles. The first-order chi connectivity index (χ1) is 69.6. The van der Waals surface area contributed by atoms with E-state index in [2.05, 4.69) is 112 Å². The second kappa shape index (κ2) is 51.0. The van der Waals surface area contributed by atoms with Crippen LogP contribution in [0.3, 0.4) is 0 Å². The summed E-state index contributed by atoms with van der Waals surface area (Å²) in [5.41, 5.74) is 14.9. The van der Waals surface area contributed by atoms with Gasteiger partial charge in [0.2, 0.25) is 0 Å². The van der Waals surface area contributed by atoms with Gasteiger partial charge in [-0.3, -0.25) is 38.5 Å². The van der Waals surface area contributed by atoms with Gasteiger partial charge in [-0.1, -0.05) is 84.9 Å². The van der Waals surface area contributed by atoms with Gasteiger partial charge in [0.25, 0.3) is 38.9 Å². The highest BCUT2D eigenvalue weighted by molar-refractivity contribution is 5.90. The number of benzene rings is 7. The maximum Gasteiger partial charge on any atom is 0.256 e. The lowest BCUT2D eigenvalue weighted by Crippen LogP contribution is -2.39. The van der Waals surface area contributed by atoms with E-state index in [0.717, 1.165) is 368 Å². The van der Waals surface area contributed by atoms with Crippen molar-refractivity contribution in [2.24, 2.45) is 0 Å². The zero-order chi connectivity index (χ0) is 102. The highest BCUT2D eigenvalue weighted by Crippen LogP contribution is 2.33. The number of likely N-dealkylation sites (tertiary alicyclic amines) is 7. The van der Waals surface area contributed by atoms with E-state index in [1.807, 2.05) is 176 Å². The molecular weight excluding hydrogens is 1810 g/mol. The van der Waals surface area contributed by atoms with Crippen LogP contribution in [0.4, 0.5) is 0 Å². The lowest BCUT2D eigenvalue weighted by Gasteiger charge is -2.29. The number of β-amino-alcohol motifs (C(OH)–C–C–N with tert-alkyl or cyclic N) is 5. The number of aromatic nitrogens is 7. The van der Waals surface area contributed by atoms with Crippen LogP contribution >= 0.6 is 0 Å². The number of nitrogens with zero attached hydrogens (tertiary/aromatic N) is 7. The first kappa shape index (κ1) is 107. The molecular formula is C116H148N14O14. The maximum absolute atomic E-state index is 12.3. The molecule has 7 aromatic carbocycles. The van der Waals surface area contributed by atoms with Crippen molar-refractivity contribution < 1.29 is 35.7 Å². The van der Waals surface area contributed by atoms with Crippen LogP contribution in [0.2, 0.25) is 0 Å². The molecule has 14 N–H and O–H groups in total. The highest BCUT2D eigenvalue weighted by atomic mass is 16.3. The number of aliphatic hydroxyl groups is 7. The Balaban J connectivity index is 0.000000126. The van der Waals surface area contributed by atoms with E-state index in [0.29, 0.717) is 36.9 Å². The molecule has 28 heteroatoms. The summed E-state index contributed by atoms with van der Waals surface area (Å²) in [4.78, 5) is 122. The van der Waals surface area contributed by atoms with Crippen LogP contribution in [-0.2, 0) is 25.7 Å². The van der Waals surface area contributed by atoms with E-state index in [-0.39, 0.29) is 83.7 Å². The molecule has 7 atom stereocenters. The first-order valence-corrected chi connectivity index (χ1v) is 52.0. The predicted molar refractivity (Wildman–Crippen MR) is 579 cm³/mol. The monoisotopic (exact) mass is 1960 g/mol. The number of hydrogen-bond acceptors (Lipinski definition) is 21. The fourth-order valence-corrected chi connectivity index (χ4v) is 22.0. The maximum atomic E-state index is 12.3. The number of fused-ring (bicyclic) bond motifs is 7. The standard InChI is InChI=1S/4C17H22N2O2.3C16H20N2O2/c1-12-4-2-6-15-16(12)10-13(18-17(15)21)7-9-19-8-3-5-14(19)11-20;2*1-12-4-2-6-15-16(12)10-13(18-17(15)21)7-9-19-8-3-5-14(20)11-19;1-12-4-2-5-14-15(12)10-16(18-17(14)21)13-6-8-19(11-13)7-3-9-20;1-11-3-2-4-14-15(11)9-12(17-16(14)20)5-7-18-8-6-13(19)10-18;2*1-11-3-2-4-13-14(11)9-15(17-16(13)20)12-5-6-18(10-12)7-8-19/h3*2,4,6,10,14,20H,3,5,7-9,11H2,1H3,(H,18,21);2,4-5,10,13,20H,3,6-9,11H2,1H3,(H,18,21);2-4,9,13,19H,5-8,10H2,1H3,(H,17,20);2*2-4,9,12,19H,5-8,10H2,1H3,(H,17,20)/t2*14-;;;13-;2*12-/m11..010/s1. The molecule has 0 aliphatic carbocycles. The van der Waals surface area contributed by atoms with E-state index < -0.39 is 0 Å². The molecule has 7 saturated heterocycles. The summed E-state index contributed by atoms with van der Waals surface area (Å²) in [5, 5.41) is 77.8. The average molecular weight is 1960 g/mol. The van der Waals surface area contributed by atoms with E-state index in [1.165, 1.54) is 0 Å². The van der Waals surface area contributed by atoms with Gasteiger partial charge >= 0.3 is 0 Å². The number of aliphatic hydroxyl groups excluding tert-OH is 7. The molecule has 7 fully saturated rings. The lowest BCUT2D eigenvalue weighted by molar-refractivity contribution is 0.0710. The summed E-state index contributed by atoms with van der Waals surface area (Å²) < 4.78 is 0. The Labute approximate surface area is 840 Å². The highest BCUT2D eigenvalue weighted by Gasteiger charge is 2.30. The summed E-state index contributed by atoms with van der Waals surface area (Å²) >= 11 is 0. The lowest BCUT2D eigenvalue weighted by atomic mass is 10.00. The number of pyridine rings is 7. The topological polar surface area (TPSA) is 394 Å². The Morgan fingerprint density at radius 3 is 0.799 bits per heavy atom. The Hall–Kier alpha value is -11.6. The second-order valence-electron chi connectivity index (χ2n) is 40.7. The fourth-order valence-electron chi connectivity index (χ4n) is 22.0. The molecule has 0 bridgehead atoms. The van der Waals surface area contributed by atoms with Gasteiger partial charge in [0, 0.05) is 225 Å². The number of rotatable bonds is 23. The van der Waals surface area contributed by atoms with E-state index in [9.17, 15) is 54.0 Å². The normalized spacial score (nSPS) is 19.8. The summed E-state index contributed by atoms with van der Waals surface area (Å²) in [6.07, 6.45) is 13.6. The molecule has 7 aromatic heterocycles. The van der Waals surface area contributed by atoms with Crippen molar-refractivity contribution in [1.29, 1.82) is 0 Å². The summed E-state index contributed by atoms with van der Waals surface area (Å²) in [6.45, 7) is 33.1. The number of aromatic amines is 7. The van der Waals surface area contributed by atoms with Gasteiger partial charge in [0.05, 0.1) is 38.1 Å². The van der Waals surface area contributed by atoms with Crippen molar-refractivity contribution in [3.8, 4) is 0 Å². The molecule has 0 radical (unpaired) electrons. The van der Waals surface area contributed by atoms with Crippen molar-refractivity contribution >= 4 is 75.4 Å². The second-order valence-corrected chi connectivity index (χ2v) is 40.7. The van der Waals surface area contributed by atoms with Crippen LogP contribution in [0.5, 0.6) is 0 Å². The fraction of sp³-hybridized carbons (Fsp3) is 0.457. The zero-order valence-corrected chi connectivity index (χ0v) is 84.9. The van der Waals surface area contributed by atoms with Crippen LogP contribution < -0.4 is 38.9 Å². The van der Waals surface area contributed by atoms with Gasteiger partial charge < -0.3 is 100 Å². The number of hydrogen-bond donors (Lipinski definition) is 14. The van der Waals surface area contributed by atoms with Crippen molar-refractivity contribution in [2.75, 3.05) is 157 Å². The minimum Gasteiger partial charge on any atom is -0.396 e. The van der Waals surface area contributed by atoms with Crippen molar-refractivity contribution in [3.63, 3.8) is 0 Å². The number of nitrogens with one attached hydrogen (secondary N) is 7. The first-order valence-electron chi connectivity index (χ1n) is 52.0. The predicted octanol–water partition coefficient (Wildman–Crippen LogP) is 12.2. The van der Waals surface area contributed by atoms with Crippen LogP contribution in [0.15, 0.2) is 203 Å². The Kier molecular flexibility index (Phi) is 37.8. The molecule has 21 rings (SSSR count). The van der Waals surface area contributed by atoms with Gasteiger partial charge in [0.15, 0.2) is 0 Å². The minimum atomic E-state index is -0.198. The summed E-state index contributed by atoms with van der Waals surface area (Å²) in [6, 6.07) is 55.8. The molecule has 28 nitrogen and oxygen atoms in total. The van der Waals surface area contributed by atoms with E-state index >= 15 is 0 Å². The molecule has 0 spiro atoms. The molecule has 766 valence electrons. The quantitative estimate of drug-likeness (QED) is 0.0283. The molecule has 144 heavy (non-hydrogen) atoms. The minimum absolute atomic E-state index is 0.00167. The summed E-state index contributed by atoms with van der Waals surface area (Å²) in [7, 11) is 0. The number of aryl methyl sites for hydroxylation is 7. The molecule has 0 saturated carbocycles. The Bertz CT molecular complexity index is 6930. The van der Waals surface area contributed by atoms with Gasteiger partial charge in [-0.15, -0.1) is 0 Å². The smallest absolute Gasteiger partial charge is 0.256 e. The van der Waals surface area contributed by atoms with E-state index in [4.69, 9.17) is 15.3 Å².